The van der Waals surface area contributed by atoms with Crippen LogP contribution in [0.15, 0.2) is 12.2 Å². The van der Waals surface area contributed by atoms with Gasteiger partial charge in [-0.15, -0.1) is 0 Å². The van der Waals surface area contributed by atoms with E-state index in [1.165, 1.54) is 0 Å². The lowest BCUT2D eigenvalue weighted by Crippen LogP contribution is -2.28. The Bertz CT molecular complexity index is 156. The molecule has 3 heteroatoms. The first-order chi connectivity index (χ1) is 5.75. The zero-order valence-electron chi connectivity index (χ0n) is 7.31. The number of hydrogen-bond donors (Lipinski definition) is 2. The first-order valence-corrected chi connectivity index (χ1v) is 4.40. The Balaban J connectivity index is 2.33. The summed E-state index contributed by atoms with van der Waals surface area (Å²) in [6.07, 6.45) is 4.09. The molecule has 0 aromatic carbocycles. The highest BCUT2D eigenvalue weighted by Gasteiger charge is 2.32. The molecule has 12 heavy (non-hydrogen) atoms. The van der Waals surface area contributed by atoms with E-state index in [1.54, 1.807) is 0 Å². The molecule has 1 aliphatic heterocycles. The van der Waals surface area contributed by atoms with E-state index in [4.69, 9.17) is 9.84 Å². The summed E-state index contributed by atoms with van der Waals surface area (Å²) in [5.41, 5.74) is 0. The molecular formula is C9H16O3. The Morgan fingerprint density at radius 3 is 2.75 bits per heavy atom. The quantitative estimate of drug-likeness (QED) is 0.608. The number of aliphatic hydroxyl groups is 2. The van der Waals surface area contributed by atoms with Crippen LogP contribution in [0.3, 0.4) is 0 Å². The third-order valence-corrected chi connectivity index (χ3v) is 1.97. The van der Waals surface area contributed by atoms with Crippen LogP contribution in [0.1, 0.15) is 19.8 Å². The lowest BCUT2D eigenvalue weighted by atomic mass is 10.1. The number of ether oxygens (including phenoxy) is 1. The van der Waals surface area contributed by atoms with Crippen LogP contribution in [0.4, 0.5) is 0 Å². The van der Waals surface area contributed by atoms with Crippen LogP contribution in [0.2, 0.25) is 0 Å². The third kappa shape index (κ3) is 2.30. The second kappa shape index (κ2) is 4.60. The molecule has 1 heterocycles. The molecule has 1 saturated heterocycles. The van der Waals surface area contributed by atoms with Crippen LogP contribution in [0, 0.1) is 0 Å². The topological polar surface area (TPSA) is 49.7 Å². The van der Waals surface area contributed by atoms with Crippen LogP contribution in [0.5, 0.6) is 0 Å². The van der Waals surface area contributed by atoms with Crippen molar-refractivity contribution >= 4 is 0 Å². The van der Waals surface area contributed by atoms with Crippen LogP contribution >= 0.6 is 0 Å². The summed E-state index contributed by atoms with van der Waals surface area (Å²) in [5, 5.41) is 18.4. The number of hydrogen-bond acceptors (Lipinski definition) is 3. The fourth-order valence-corrected chi connectivity index (χ4v) is 1.19. The van der Waals surface area contributed by atoms with Crippen molar-refractivity contribution < 1.29 is 14.9 Å². The molecule has 2 N–H and O–H groups in total. The van der Waals surface area contributed by atoms with Gasteiger partial charge in [-0.1, -0.05) is 25.5 Å². The van der Waals surface area contributed by atoms with E-state index in [-0.39, 0.29) is 12.7 Å². The Morgan fingerprint density at radius 2 is 2.25 bits per heavy atom. The molecule has 0 spiro atoms. The van der Waals surface area contributed by atoms with E-state index < -0.39 is 12.2 Å². The summed E-state index contributed by atoms with van der Waals surface area (Å²) in [4.78, 5) is 0. The summed E-state index contributed by atoms with van der Waals surface area (Å²) in [6.45, 7) is 2.33. The van der Waals surface area contributed by atoms with Gasteiger partial charge in [-0.2, -0.15) is 0 Å². The molecule has 0 aromatic heterocycles. The zero-order valence-corrected chi connectivity index (χ0v) is 7.31. The van der Waals surface area contributed by atoms with E-state index in [0.717, 1.165) is 12.8 Å². The van der Waals surface area contributed by atoms with Crippen molar-refractivity contribution in [3.63, 3.8) is 0 Å². The SMILES string of the molecule is CCCC=CC1OCC(O)C1O. The molecule has 1 aliphatic rings. The number of unbranched alkanes of at least 4 members (excludes halogenated alkanes) is 1. The van der Waals surface area contributed by atoms with Crippen molar-refractivity contribution in [3.05, 3.63) is 12.2 Å². The molecule has 0 bridgehead atoms. The van der Waals surface area contributed by atoms with Gasteiger partial charge in [-0.05, 0) is 6.42 Å². The second-order valence-electron chi connectivity index (χ2n) is 3.07. The summed E-state index contributed by atoms with van der Waals surface area (Å²) in [7, 11) is 0. The summed E-state index contributed by atoms with van der Waals surface area (Å²) in [5.74, 6) is 0. The fraction of sp³-hybridized carbons (Fsp3) is 0.778. The van der Waals surface area contributed by atoms with Gasteiger partial charge in [0.15, 0.2) is 0 Å². The lowest BCUT2D eigenvalue weighted by molar-refractivity contribution is 0.0419. The molecular weight excluding hydrogens is 156 g/mol. The van der Waals surface area contributed by atoms with E-state index in [9.17, 15) is 5.11 Å². The van der Waals surface area contributed by atoms with Gasteiger partial charge in [-0.3, -0.25) is 0 Å². The average molecular weight is 172 g/mol. The van der Waals surface area contributed by atoms with Crippen molar-refractivity contribution in [1.29, 1.82) is 0 Å². The highest BCUT2D eigenvalue weighted by molar-refractivity contribution is 4.98. The van der Waals surface area contributed by atoms with Crippen molar-refractivity contribution in [1.82, 2.24) is 0 Å². The average Bonchev–Trinajstić information content (AvgIpc) is 2.36. The first kappa shape index (κ1) is 9.71. The lowest BCUT2D eigenvalue weighted by Gasteiger charge is -2.09. The Labute approximate surface area is 72.7 Å². The molecule has 0 radical (unpaired) electrons. The Hall–Kier alpha value is -0.380. The van der Waals surface area contributed by atoms with Gasteiger partial charge in [0, 0.05) is 0 Å². The number of rotatable bonds is 3. The van der Waals surface area contributed by atoms with Gasteiger partial charge in [0.05, 0.1) is 6.61 Å². The zero-order chi connectivity index (χ0) is 8.97. The van der Waals surface area contributed by atoms with Gasteiger partial charge in [0.25, 0.3) is 0 Å². The van der Waals surface area contributed by atoms with Crippen molar-refractivity contribution in [2.24, 2.45) is 0 Å². The maximum Gasteiger partial charge on any atom is 0.112 e. The minimum atomic E-state index is -0.752. The highest BCUT2D eigenvalue weighted by Crippen LogP contribution is 2.15. The summed E-state index contributed by atoms with van der Waals surface area (Å²) >= 11 is 0. The standard InChI is InChI=1S/C9H16O3/c1-2-3-4-5-8-9(11)7(10)6-12-8/h4-5,7-11H,2-3,6H2,1H3. The van der Waals surface area contributed by atoms with E-state index in [0.29, 0.717) is 0 Å². The smallest absolute Gasteiger partial charge is 0.112 e. The van der Waals surface area contributed by atoms with Crippen molar-refractivity contribution in [3.8, 4) is 0 Å². The van der Waals surface area contributed by atoms with E-state index >= 15 is 0 Å². The Kier molecular flexibility index (Phi) is 3.72. The fourth-order valence-electron chi connectivity index (χ4n) is 1.19. The minimum Gasteiger partial charge on any atom is -0.388 e. The molecule has 3 nitrogen and oxygen atoms in total. The molecule has 3 atom stereocenters. The number of aliphatic hydroxyl groups excluding tert-OH is 2. The van der Waals surface area contributed by atoms with E-state index in [1.807, 2.05) is 12.2 Å². The Morgan fingerprint density at radius 1 is 1.50 bits per heavy atom. The van der Waals surface area contributed by atoms with Gasteiger partial charge >= 0.3 is 0 Å². The molecule has 1 fully saturated rings. The van der Waals surface area contributed by atoms with Crippen LogP contribution in [0.25, 0.3) is 0 Å². The molecule has 0 aliphatic carbocycles. The molecule has 1 rings (SSSR count). The maximum atomic E-state index is 9.33. The van der Waals surface area contributed by atoms with Gasteiger partial charge < -0.3 is 14.9 Å². The van der Waals surface area contributed by atoms with Crippen LogP contribution < -0.4 is 0 Å². The number of allylic oxidation sites excluding steroid dienone is 1. The maximum absolute atomic E-state index is 9.33. The van der Waals surface area contributed by atoms with Gasteiger partial charge in [0.2, 0.25) is 0 Å². The summed E-state index contributed by atoms with van der Waals surface area (Å²) < 4.78 is 5.14. The highest BCUT2D eigenvalue weighted by atomic mass is 16.5. The molecule has 0 aromatic rings. The predicted molar refractivity (Wildman–Crippen MR) is 45.8 cm³/mol. The normalized spacial score (nSPS) is 36.4. The van der Waals surface area contributed by atoms with E-state index in [2.05, 4.69) is 6.92 Å². The minimum absolute atomic E-state index is 0.238. The monoisotopic (exact) mass is 172 g/mol. The first-order valence-electron chi connectivity index (χ1n) is 4.40. The van der Waals surface area contributed by atoms with Gasteiger partial charge in [0.1, 0.15) is 18.3 Å². The van der Waals surface area contributed by atoms with Crippen LogP contribution in [-0.2, 0) is 4.74 Å². The molecule has 3 unspecified atom stereocenters. The summed E-state index contributed by atoms with van der Waals surface area (Å²) in [6, 6.07) is 0. The third-order valence-electron chi connectivity index (χ3n) is 1.97. The molecule has 70 valence electrons. The van der Waals surface area contributed by atoms with Crippen molar-refractivity contribution in [2.45, 2.75) is 38.1 Å². The van der Waals surface area contributed by atoms with Gasteiger partial charge in [-0.25, -0.2) is 0 Å². The van der Waals surface area contributed by atoms with Crippen LogP contribution in [-0.4, -0.2) is 35.1 Å². The largest absolute Gasteiger partial charge is 0.388 e. The predicted octanol–water partition coefficient (Wildman–Crippen LogP) is 0.463. The molecule has 0 amide bonds. The van der Waals surface area contributed by atoms with Crippen molar-refractivity contribution in [2.75, 3.05) is 6.61 Å². The molecule has 0 saturated carbocycles. The second-order valence-corrected chi connectivity index (χ2v) is 3.07.